The number of hydrogen-bond acceptors (Lipinski definition) is 4. The van der Waals surface area contributed by atoms with Gasteiger partial charge in [-0.1, -0.05) is 11.6 Å². The van der Waals surface area contributed by atoms with E-state index in [-0.39, 0.29) is 11.8 Å². The van der Waals surface area contributed by atoms with Crippen molar-refractivity contribution in [1.29, 1.82) is 0 Å². The van der Waals surface area contributed by atoms with Crippen molar-refractivity contribution in [3.63, 3.8) is 0 Å². The molecule has 3 rings (SSSR count). The number of halogens is 1. The van der Waals surface area contributed by atoms with Crippen LogP contribution in [0.3, 0.4) is 0 Å². The third-order valence-electron chi connectivity index (χ3n) is 5.17. The first-order valence-corrected chi connectivity index (χ1v) is 9.29. The molecule has 1 unspecified atom stereocenters. The van der Waals surface area contributed by atoms with E-state index in [1.54, 1.807) is 12.0 Å². The lowest BCUT2D eigenvalue weighted by molar-refractivity contribution is -0.137. The zero-order chi connectivity index (χ0) is 18.7. The Morgan fingerprint density at radius 1 is 1.15 bits per heavy atom. The molecule has 0 aliphatic carbocycles. The number of methoxy groups -OCH3 is 1. The molecule has 0 spiro atoms. The van der Waals surface area contributed by atoms with Crippen LogP contribution in [-0.4, -0.2) is 68.1 Å². The summed E-state index contributed by atoms with van der Waals surface area (Å²) in [5.74, 6) is 0.729. The van der Waals surface area contributed by atoms with Crippen molar-refractivity contribution in [2.45, 2.75) is 12.8 Å². The summed E-state index contributed by atoms with van der Waals surface area (Å²) in [6.07, 6.45) is 1.63. The Bertz CT molecular complexity index is 676. The minimum absolute atomic E-state index is 0.118. The van der Waals surface area contributed by atoms with E-state index in [1.165, 1.54) is 0 Å². The van der Waals surface area contributed by atoms with E-state index in [0.717, 1.165) is 24.3 Å². The monoisotopic (exact) mass is 380 g/mol. The minimum Gasteiger partial charge on any atom is -0.497 e. The maximum absolute atomic E-state index is 12.8. The smallest absolute Gasteiger partial charge is 0.314 e. The lowest BCUT2D eigenvalue weighted by atomic mass is 9.96. The molecule has 3 amide bonds. The highest BCUT2D eigenvalue weighted by Gasteiger charge is 2.32. The second-order valence-electron chi connectivity index (χ2n) is 6.75. The van der Waals surface area contributed by atoms with Gasteiger partial charge in [-0.25, -0.2) is 4.79 Å². The Morgan fingerprint density at radius 3 is 2.54 bits per heavy atom. The Kier molecular flexibility index (Phi) is 5.76. The van der Waals surface area contributed by atoms with Crippen LogP contribution in [0, 0.1) is 5.92 Å². The maximum Gasteiger partial charge on any atom is 0.314 e. The fourth-order valence-corrected chi connectivity index (χ4v) is 3.90. The molecule has 8 heteroatoms. The topological polar surface area (TPSA) is 79.1 Å². The van der Waals surface area contributed by atoms with Crippen LogP contribution in [0.15, 0.2) is 18.2 Å². The number of hydrogen-bond donors (Lipinski definition) is 1. The molecule has 0 radical (unpaired) electrons. The second kappa shape index (κ2) is 8.03. The van der Waals surface area contributed by atoms with E-state index >= 15 is 0 Å². The fraction of sp³-hybridized carbons (Fsp3) is 0.556. The maximum atomic E-state index is 12.8. The predicted molar refractivity (Wildman–Crippen MR) is 101 cm³/mol. The van der Waals surface area contributed by atoms with Gasteiger partial charge in [-0.15, -0.1) is 0 Å². The van der Waals surface area contributed by atoms with Crippen LogP contribution in [0.5, 0.6) is 5.75 Å². The van der Waals surface area contributed by atoms with Gasteiger partial charge in [0.1, 0.15) is 5.75 Å². The van der Waals surface area contributed by atoms with E-state index in [0.29, 0.717) is 44.3 Å². The Hall–Kier alpha value is -2.15. The summed E-state index contributed by atoms with van der Waals surface area (Å²) in [5.41, 5.74) is 6.29. The molecule has 0 bridgehead atoms. The zero-order valence-corrected chi connectivity index (χ0v) is 15.7. The van der Waals surface area contributed by atoms with Gasteiger partial charge in [0.25, 0.3) is 0 Å². The average Bonchev–Trinajstić information content (AvgIpc) is 2.68. The molecule has 2 aliphatic rings. The molecule has 2 heterocycles. The number of carbonyl (C=O) groups excluding carboxylic acids is 2. The van der Waals surface area contributed by atoms with E-state index < -0.39 is 6.03 Å². The number of urea groups is 1. The largest absolute Gasteiger partial charge is 0.497 e. The van der Waals surface area contributed by atoms with Gasteiger partial charge < -0.3 is 25.2 Å². The lowest BCUT2D eigenvalue weighted by Crippen LogP contribution is -2.53. The number of nitrogens with two attached hydrogens (primary N) is 1. The zero-order valence-electron chi connectivity index (χ0n) is 15.0. The first-order valence-electron chi connectivity index (χ1n) is 8.91. The summed E-state index contributed by atoms with van der Waals surface area (Å²) in [6.45, 7) is 3.77. The summed E-state index contributed by atoms with van der Waals surface area (Å²) in [7, 11) is 1.63. The molecule has 1 aromatic carbocycles. The van der Waals surface area contributed by atoms with E-state index in [4.69, 9.17) is 22.1 Å². The van der Waals surface area contributed by atoms with Gasteiger partial charge in [-0.3, -0.25) is 4.79 Å². The number of benzene rings is 1. The number of piperidine rings is 1. The molecule has 142 valence electrons. The molecule has 1 aromatic rings. The van der Waals surface area contributed by atoms with Crippen molar-refractivity contribution in [2.75, 3.05) is 51.3 Å². The van der Waals surface area contributed by atoms with Gasteiger partial charge in [-0.05, 0) is 25.0 Å². The second-order valence-corrected chi connectivity index (χ2v) is 7.16. The highest BCUT2D eigenvalue weighted by molar-refractivity contribution is 6.33. The van der Waals surface area contributed by atoms with Gasteiger partial charge in [0.2, 0.25) is 5.91 Å². The van der Waals surface area contributed by atoms with Crippen LogP contribution in [0.25, 0.3) is 0 Å². The van der Waals surface area contributed by atoms with Gasteiger partial charge in [0, 0.05) is 45.3 Å². The van der Waals surface area contributed by atoms with E-state index in [9.17, 15) is 9.59 Å². The summed E-state index contributed by atoms with van der Waals surface area (Å²) in [6, 6.07) is 5.14. The SMILES string of the molecule is COc1ccc(Cl)c(N2CCN(C(=O)C3CCCN(C(N)=O)C3)CC2)c1. The number of ether oxygens (including phenoxy) is 1. The highest BCUT2D eigenvalue weighted by atomic mass is 35.5. The molecule has 0 aromatic heterocycles. The number of rotatable bonds is 3. The number of piperazine rings is 1. The van der Waals surface area contributed by atoms with Crippen molar-refractivity contribution >= 4 is 29.2 Å². The number of amides is 3. The van der Waals surface area contributed by atoms with Crippen molar-refractivity contribution in [1.82, 2.24) is 9.80 Å². The third kappa shape index (κ3) is 3.98. The standard InChI is InChI=1S/C18H25ClN4O3/c1-26-14-4-5-15(19)16(11-14)21-7-9-22(10-8-21)17(24)13-3-2-6-23(12-13)18(20)25/h4-5,11,13H,2-3,6-10,12H2,1H3,(H2,20,25). The first-order chi connectivity index (χ1) is 12.5. The molecule has 7 nitrogen and oxygen atoms in total. The van der Waals surface area contributed by atoms with Gasteiger partial charge in [-0.2, -0.15) is 0 Å². The van der Waals surface area contributed by atoms with Gasteiger partial charge in [0.05, 0.1) is 23.7 Å². The van der Waals surface area contributed by atoms with Gasteiger partial charge in [0.15, 0.2) is 0 Å². The molecule has 2 aliphatic heterocycles. The van der Waals surface area contributed by atoms with E-state index in [1.807, 2.05) is 23.1 Å². The molecular formula is C18H25ClN4O3. The molecule has 0 saturated carbocycles. The summed E-state index contributed by atoms with van der Waals surface area (Å²) in [5, 5.41) is 0.676. The highest BCUT2D eigenvalue weighted by Crippen LogP contribution is 2.31. The van der Waals surface area contributed by atoms with E-state index in [2.05, 4.69) is 4.90 Å². The number of anilines is 1. The fourth-order valence-electron chi connectivity index (χ4n) is 3.67. The molecule has 2 N–H and O–H groups in total. The third-order valence-corrected chi connectivity index (χ3v) is 5.49. The van der Waals surface area contributed by atoms with Crippen molar-refractivity contribution < 1.29 is 14.3 Å². The normalized spacial score (nSPS) is 20.8. The molecular weight excluding hydrogens is 356 g/mol. The number of primary amides is 1. The summed E-state index contributed by atoms with van der Waals surface area (Å²) in [4.78, 5) is 29.8. The molecule has 1 atom stereocenters. The van der Waals surface area contributed by atoms with Crippen molar-refractivity contribution in [3.8, 4) is 5.75 Å². The molecule has 26 heavy (non-hydrogen) atoms. The number of carbonyl (C=O) groups is 2. The van der Waals surface area contributed by atoms with Crippen molar-refractivity contribution in [3.05, 3.63) is 23.2 Å². The summed E-state index contributed by atoms with van der Waals surface area (Å²) >= 11 is 6.33. The predicted octanol–water partition coefficient (Wildman–Crippen LogP) is 1.79. The van der Waals surface area contributed by atoms with Crippen molar-refractivity contribution in [2.24, 2.45) is 11.7 Å². The number of likely N-dealkylation sites (tertiary alicyclic amines) is 1. The molecule has 2 saturated heterocycles. The first kappa shape index (κ1) is 18.6. The minimum atomic E-state index is -0.444. The summed E-state index contributed by atoms with van der Waals surface area (Å²) < 4.78 is 5.28. The average molecular weight is 381 g/mol. The molecule has 2 fully saturated rings. The Morgan fingerprint density at radius 2 is 1.88 bits per heavy atom. The van der Waals surface area contributed by atoms with Crippen LogP contribution in [0.2, 0.25) is 5.02 Å². The quantitative estimate of drug-likeness (QED) is 0.867. The lowest BCUT2D eigenvalue weighted by Gasteiger charge is -2.39. The number of nitrogens with zero attached hydrogens (tertiary/aromatic N) is 3. The van der Waals surface area contributed by atoms with Crippen LogP contribution in [0.1, 0.15) is 12.8 Å². The van der Waals surface area contributed by atoms with Crippen LogP contribution in [0.4, 0.5) is 10.5 Å². The van der Waals surface area contributed by atoms with Crippen LogP contribution in [-0.2, 0) is 4.79 Å². The van der Waals surface area contributed by atoms with Crippen LogP contribution >= 0.6 is 11.6 Å². The Labute approximate surface area is 158 Å². The van der Waals surface area contributed by atoms with Gasteiger partial charge >= 0.3 is 6.03 Å². The van der Waals surface area contributed by atoms with Crippen LogP contribution < -0.4 is 15.4 Å². The Balaban J connectivity index is 1.60.